The lowest BCUT2D eigenvalue weighted by molar-refractivity contribution is 0.403. The van der Waals surface area contributed by atoms with Gasteiger partial charge in [0.1, 0.15) is 16.3 Å². The van der Waals surface area contributed by atoms with Crippen molar-refractivity contribution in [3.8, 4) is 17.0 Å². The van der Waals surface area contributed by atoms with E-state index in [-0.39, 0.29) is 4.90 Å². The molecule has 0 aliphatic heterocycles. The SMILES string of the molecule is COc1ccccc1S(=O)(=O)Nc1cccc(-c2cn3cccc(C)c3n2)c1. The molecule has 6 nitrogen and oxygen atoms in total. The van der Waals surface area contributed by atoms with Crippen LogP contribution >= 0.6 is 0 Å². The van der Waals surface area contributed by atoms with Crippen molar-refractivity contribution in [2.45, 2.75) is 11.8 Å². The van der Waals surface area contributed by atoms with Crippen molar-refractivity contribution in [1.29, 1.82) is 0 Å². The largest absolute Gasteiger partial charge is 0.495 e. The van der Waals surface area contributed by atoms with Gasteiger partial charge in [-0.05, 0) is 42.8 Å². The maximum absolute atomic E-state index is 12.8. The van der Waals surface area contributed by atoms with E-state index < -0.39 is 10.0 Å². The van der Waals surface area contributed by atoms with Crippen molar-refractivity contribution in [2.75, 3.05) is 11.8 Å². The summed E-state index contributed by atoms with van der Waals surface area (Å²) in [4.78, 5) is 4.76. The normalized spacial score (nSPS) is 11.5. The fourth-order valence-electron chi connectivity index (χ4n) is 3.09. The lowest BCUT2D eigenvalue weighted by atomic mass is 10.1. The number of nitrogens with zero attached hydrogens (tertiary/aromatic N) is 2. The van der Waals surface area contributed by atoms with Gasteiger partial charge in [-0.25, -0.2) is 13.4 Å². The summed E-state index contributed by atoms with van der Waals surface area (Å²) in [6.45, 7) is 2.00. The second-order valence-electron chi connectivity index (χ2n) is 6.39. The molecular formula is C21H19N3O3S. The number of hydrogen-bond acceptors (Lipinski definition) is 4. The summed E-state index contributed by atoms with van der Waals surface area (Å²) in [6, 6.07) is 17.7. The van der Waals surface area contributed by atoms with E-state index in [2.05, 4.69) is 9.71 Å². The Labute approximate surface area is 163 Å². The highest BCUT2D eigenvalue weighted by molar-refractivity contribution is 7.92. The highest BCUT2D eigenvalue weighted by Gasteiger charge is 2.19. The van der Waals surface area contributed by atoms with E-state index in [1.54, 1.807) is 36.4 Å². The third-order valence-corrected chi connectivity index (χ3v) is 5.87. The summed E-state index contributed by atoms with van der Waals surface area (Å²) in [5.41, 5.74) is 3.99. The van der Waals surface area contributed by atoms with Gasteiger partial charge in [0.15, 0.2) is 0 Å². The molecule has 2 heterocycles. The number of fused-ring (bicyclic) bond motifs is 1. The zero-order chi connectivity index (χ0) is 19.7. The fourth-order valence-corrected chi connectivity index (χ4v) is 4.31. The second-order valence-corrected chi connectivity index (χ2v) is 8.04. The molecule has 28 heavy (non-hydrogen) atoms. The van der Waals surface area contributed by atoms with Gasteiger partial charge in [-0.3, -0.25) is 4.72 Å². The molecule has 0 amide bonds. The van der Waals surface area contributed by atoms with Crippen LogP contribution in [-0.2, 0) is 10.0 Å². The van der Waals surface area contributed by atoms with Gasteiger partial charge in [-0.1, -0.05) is 30.3 Å². The van der Waals surface area contributed by atoms with Crippen LogP contribution < -0.4 is 9.46 Å². The van der Waals surface area contributed by atoms with E-state index in [0.29, 0.717) is 11.4 Å². The molecular weight excluding hydrogens is 374 g/mol. The number of anilines is 1. The summed E-state index contributed by atoms with van der Waals surface area (Å²) < 4.78 is 35.4. The van der Waals surface area contributed by atoms with Crippen LogP contribution in [0.25, 0.3) is 16.9 Å². The highest BCUT2D eigenvalue weighted by Crippen LogP contribution is 2.28. The second kappa shape index (κ2) is 7.01. The Morgan fingerprint density at radius 2 is 1.86 bits per heavy atom. The minimum absolute atomic E-state index is 0.0891. The molecule has 142 valence electrons. The first-order valence-electron chi connectivity index (χ1n) is 8.68. The monoisotopic (exact) mass is 393 g/mol. The standard InChI is InChI=1S/C21H19N3O3S/c1-15-7-6-12-24-14-18(22-21(15)24)16-8-5-9-17(13-16)23-28(25,26)20-11-4-3-10-19(20)27-2/h3-14,23H,1-2H3. The Morgan fingerprint density at radius 1 is 1.04 bits per heavy atom. The Balaban J connectivity index is 1.69. The van der Waals surface area contributed by atoms with E-state index in [1.807, 2.05) is 41.9 Å². The number of methoxy groups -OCH3 is 1. The molecule has 2 aromatic heterocycles. The molecule has 2 aromatic carbocycles. The molecule has 0 atom stereocenters. The number of rotatable bonds is 5. The average molecular weight is 393 g/mol. The number of pyridine rings is 1. The van der Waals surface area contributed by atoms with Crippen molar-refractivity contribution in [2.24, 2.45) is 0 Å². The maximum atomic E-state index is 12.8. The number of para-hydroxylation sites is 1. The van der Waals surface area contributed by atoms with E-state index in [4.69, 9.17) is 4.74 Å². The van der Waals surface area contributed by atoms with Crippen LogP contribution in [-0.4, -0.2) is 24.9 Å². The van der Waals surface area contributed by atoms with Crippen molar-refractivity contribution in [3.05, 3.63) is 78.6 Å². The molecule has 4 rings (SSSR count). The summed E-state index contributed by atoms with van der Waals surface area (Å²) in [6.07, 6.45) is 3.86. The van der Waals surface area contributed by atoms with Gasteiger partial charge in [0.25, 0.3) is 10.0 Å². The number of hydrogen-bond donors (Lipinski definition) is 1. The topological polar surface area (TPSA) is 72.7 Å². The molecule has 0 bridgehead atoms. The van der Waals surface area contributed by atoms with Crippen LogP contribution in [0, 0.1) is 6.92 Å². The average Bonchev–Trinajstić information content (AvgIpc) is 3.14. The molecule has 1 N–H and O–H groups in total. The van der Waals surface area contributed by atoms with Gasteiger partial charge in [0, 0.05) is 23.6 Å². The Morgan fingerprint density at radius 3 is 2.64 bits per heavy atom. The third kappa shape index (κ3) is 3.32. The van der Waals surface area contributed by atoms with E-state index in [1.165, 1.54) is 13.2 Å². The lowest BCUT2D eigenvalue weighted by Crippen LogP contribution is -2.14. The van der Waals surface area contributed by atoms with E-state index >= 15 is 0 Å². The number of nitrogens with one attached hydrogen (secondary N) is 1. The molecule has 4 aromatic rings. The van der Waals surface area contributed by atoms with E-state index in [9.17, 15) is 8.42 Å². The van der Waals surface area contributed by atoms with Gasteiger partial charge < -0.3 is 9.14 Å². The highest BCUT2D eigenvalue weighted by atomic mass is 32.2. The smallest absolute Gasteiger partial charge is 0.265 e. The molecule has 0 unspecified atom stereocenters. The molecule has 0 saturated carbocycles. The van der Waals surface area contributed by atoms with Crippen LogP contribution in [0.2, 0.25) is 0 Å². The molecule has 0 spiro atoms. The van der Waals surface area contributed by atoms with Crippen LogP contribution in [0.5, 0.6) is 5.75 Å². The number of imidazole rings is 1. The lowest BCUT2D eigenvalue weighted by Gasteiger charge is -2.12. The summed E-state index contributed by atoms with van der Waals surface area (Å²) in [5.74, 6) is 0.294. The first kappa shape index (κ1) is 18.1. The quantitative estimate of drug-likeness (QED) is 0.554. The molecule has 0 saturated heterocycles. The number of aromatic nitrogens is 2. The molecule has 0 fully saturated rings. The van der Waals surface area contributed by atoms with Gasteiger partial charge in [0.05, 0.1) is 12.8 Å². The predicted molar refractivity (Wildman–Crippen MR) is 109 cm³/mol. The van der Waals surface area contributed by atoms with Crippen LogP contribution in [0.1, 0.15) is 5.56 Å². The van der Waals surface area contributed by atoms with Crippen LogP contribution in [0.15, 0.2) is 78.0 Å². The zero-order valence-corrected chi connectivity index (χ0v) is 16.3. The minimum Gasteiger partial charge on any atom is -0.495 e. The van der Waals surface area contributed by atoms with E-state index in [0.717, 1.165) is 22.5 Å². The van der Waals surface area contributed by atoms with Gasteiger partial charge in [-0.15, -0.1) is 0 Å². The molecule has 0 aliphatic carbocycles. The van der Waals surface area contributed by atoms with Crippen LogP contribution in [0.3, 0.4) is 0 Å². The van der Waals surface area contributed by atoms with Gasteiger partial charge in [0.2, 0.25) is 0 Å². The number of ether oxygens (including phenoxy) is 1. The summed E-state index contributed by atoms with van der Waals surface area (Å²) >= 11 is 0. The van der Waals surface area contributed by atoms with Gasteiger partial charge >= 0.3 is 0 Å². The van der Waals surface area contributed by atoms with Crippen molar-refractivity contribution in [3.63, 3.8) is 0 Å². The number of benzene rings is 2. The summed E-state index contributed by atoms with van der Waals surface area (Å²) in [5, 5.41) is 0. The predicted octanol–water partition coefficient (Wildman–Crippen LogP) is 4.12. The van der Waals surface area contributed by atoms with Gasteiger partial charge in [-0.2, -0.15) is 0 Å². The zero-order valence-electron chi connectivity index (χ0n) is 15.5. The summed E-state index contributed by atoms with van der Waals surface area (Å²) in [7, 11) is -2.34. The number of sulfonamides is 1. The maximum Gasteiger partial charge on any atom is 0.265 e. The number of aryl methyl sites for hydroxylation is 1. The Kier molecular flexibility index (Phi) is 4.52. The van der Waals surface area contributed by atoms with Crippen LogP contribution in [0.4, 0.5) is 5.69 Å². The first-order valence-corrected chi connectivity index (χ1v) is 10.2. The molecule has 0 aliphatic rings. The Bertz CT molecular complexity index is 1260. The third-order valence-electron chi connectivity index (χ3n) is 4.45. The molecule has 7 heteroatoms. The van der Waals surface area contributed by atoms with Crippen molar-refractivity contribution >= 4 is 21.4 Å². The van der Waals surface area contributed by atoms with Crippen molar-refractivity contribution in [1.82, 2.24) is 9.38 Å². The minimum atomic E-state index is -3.79. The fraction of sp³-hybridized carbons (Fsp3) is 0.0952. The molecule has 0 radical (unpaired) electrons. The first-order chi connectivity index (χ1) is 13.5. The Hall–Kier alpha value is -3.32. The van der Waals surface area contributed by atoms with Crippen molar-refractivity contribution < 1.29 is 13.2 Å².